The molecule has 0 aliphatic carbocycles. The highest BCUT2D eigenvalue weighted by Gasteiger charge is 2.29. The number of allylic oxidation sites excluding steroid dienone is 1. The molecule has 2 aliphatic rings. The van der Waals surface area contributed by atoms with E-state index in [2.05, 4.69) is 11.2 Å². The molecule has 5 nitrogen and oxygen atoms in total. The van der Waals surface area contributed by atoms with Gasteiger partial charge in [0.2, 0.25) is 0 Å². The van der Waals surface area contributed by atoms with Gasteiger partial charge in [-0.25, -0.2) is 5.01 Å². The Bertz CT molecular complexity index is 723. The number of nitrogens with two attached hydrogens (primary N) is 1. The number of hydrogen-bond acceptors (Lipinski definition) is 5. The van der Waals surface area contributed by atoms with Crippen LogP contribution in [0.4, 0.5) is 5.69 Å². The Morgan fingerprint density at radius 2 is 2.00 bits per heavy atom. The molecule has 0 bridgehead atoms. The molecule has 0 saturated carbocycles. The van der Waals surface area contributed by atoms with Gasteiger partial charge >= 0.3 is 0 Å². The Morgan fingerprint density at radius 3 is 2.64 bits per heavy atom. The van der Waals surface area contributed by atoms with E-state index in [4.69, 9.17) is 10.5 Å². The SMILES string of the molecule is Cc1cccc(C)c1N1N=C2COCC=C2C(C#N)=C1N.Cl. The van der Waals surface area contributed by atoms with E-state index in [0.717, 1.165) is 28.1 Å². The van der Waals surface area contributed by atoms with Gasteiger partial charge in [0.25, 0.3) is 0 Å². The average Bonchev–Trinajstić information content (AvgIpc) is 2.47. The number of ether oxygens (including phenoxy) is 1. The Labute approximate surface area is 135 Å². The molecule has 0 atom stereocenters. The van der Waals surface area contributed by atoms with Crippen molar-refractivity contribution in [1.29, 1.82) is 5.26 Å². The number of rotatable bonds is 1. The zero-order valence-corrected chi connectivity index (χ0v) is 13.3. The van der Waals surface area contributed by atoms with Gasteiger partial charge < -0.3 is 10.5 Å². The number of para-hydroxylation sites is 1. The van der Waals surface area contributed by atoms with E-state index in [1.807, 2.05) is 38.1 Å². The quantitative estimate of drug-likeness (QED) is 0.864. The Kier molecular flexibility index (Phi) is 4.55. The highest BCUT2D eigenvalue weighted by atomic mass is 35.5. The van der Waals surface area contributed by atoms with Crippen LogP contribution in [0.25, 0.3) is 0 Å². The zero-order chi connectivity index (χ0) is 15.0. The van der Waals surface area contributed by atoms with Crippen LogP contribution < -0.4 is 10.7 Å². The van der Waals surface area contributed by atoms with E-state index >= 15 is 0 Å². The summed E-state index contributed by atoms with van der Waals surface area (Å²) in [6.45, 7) is 4.89. The third-order valence-electron chi connectivity index (χ3n) is 3.69. The zero-order valence-electron chi connectivity index (χ0n) is 12.5. The van der Waals surface area contributed by atoms with E-state index in [-0.39, 0.29) is 12.4 Å². The van der Waals surface area contributed by atoms with Gasteiger partial charge in [0.1, 0.15) is 17.5 Å². The van der Waals surface area contributed by atoms with Crippen molar-refractivity contribution in [1.82, 2.24) is 0 Å². The van der Waals surface area contributed by atoms with E-state index in [9.17, 15) is 5.26 Å². The molecule has 1 aromatic rings. The smallest absolute Gasteiger partial charge is 0.144 e. The largest absolute Gasteiger partial charge is 0.383 e. The van der Waals surface area contributed by atoms with Crippen LogP contribution in [-0.4, -0.2) is 18.9 Å². The molecule has 0 aromatic heterocycles. The molecule has 6 heteroatoms. The van der Waals surface area contributed by atoms with Gasteiger partial charge in [0.15, 0.2) is 0 Å². The van der Waals surface area contributed by atoms with Gasteiger partial charge in [-0.3, -0.25) is 0 Å². The summed E-state index contributed by atoms with van der Waals surface area (Å²) in [5, 5.41) is 15.7. The molecule has 0 spiro atoms. The minimum absolute atomic E-state index is 0. The third-order valence-corrected chi connectivity index (χ3v) is 3.69. The van der Waals surface area contributed by atoms with Crippen molar-refractivity contribution in [3.8, 4) is 6.07 Å². The van der Waals surface area contributed by atoms with Crippen LogP contribution >= 0.6 is 12.4 Å². The van der Waals surface area contributed by atoms with Crippen LogP contribution in [-0.2, 0) is 4.74 Å². The second kappa shape index (κ2) is 6.22. The number of anilines is 1. The van der Waals surface area contributed by atoms with Crippen molar-refractivity contribution in [2.75, 3.05) is 18.2 Å². The predicted octanol–water partition coefficient (Wildman–Crippen LogP) is 2.55. The molecule has 22 heavy (non-hydrogen) atoms. The lowest BCUT2D eigenvalue weighted by Gasteiger charge is -2.30. The van der Waals surface area contributed by atoms with Crippen LogP contribution in [0.1, 0.15) is 11.1 Å². The molecule has 0 radical (unpaired) electrons. The standard InChI is InChI=1S/C16H16N4O.ClH/c1-10-4-3-5-11(2)15(10)20-16(18)13(8-17)12-6-7-21-9-14(12)19-20;/h3-6H,7,9,18H2,1-2H3;1H. The first-order valence-corrected chi connectivity index (χ1v) is 6.75. The summed E-state index contributed by atoms with van der Waals surface area (Å²) in [6, 6.07) is 8.20. The second-order valence-corrected chi connectivity index (χ2v) is 5.10. The first-order valence-electron chi connectivity index (χ1n) is 6.75. The van der Waals surface area contributed by atoms with Crippen molar-refractivity contribution >= 4 is 23.8 Å². The molecule has 114 valence electrons. The molecule has 0 fully saturated rings. The summed E-state index contributed by atoms with van der Waals surface area (Å²) in [7, 11) is 0. The third kappa shape index (κ3) is 2.47. The van der Waals surface area contributed by atoms with Gasteiger partial charge in [-0.15, -0.1) is 12.4 Å². The first kappa shape index (κ1) is 16.1. The normalized spacial score (nSPS) is 17.0. The average molecular weight is 317 g/mol. The van der Waals surface area contributed by atoms with Crippen LogP contribution in [0, 0.1) is 25.2 Å². The maximum atomic E-state index is 9.45. The molecular formula is C16H17ClN4O. The number of fused-ring (bicyclic) bond motifs is 1. The van der Waals surface area contributed by atoms with Crippen molar-refractivity contribution in [2.24, 2.45) is 10.8 Å². The van der Waals surface area contributed by atoms with Gasteiger partial charge in [-0.1, -0.05) is 18.2 Å². The molecule has 0 amide bonds. The highest BCUT2D eigenvalue weighted by Crippen LogP contribution is 2.32. The van der Waals surface area contributed by atoms with Gasteiger partial charge in [-0.2, -0.15) is 10.4 Å². The van der Waals surface area contributed by atoms with E-state index < -0.39 is 0 Å². The summed E-state index contributed by atoms with van der Waals surface area (Å²) in [5.41, 5.74) is 11.2. The number of nitrogens with zero attached hydrogens (tertiary/aromatic N) is 3. The molecule has 1 aromatic carbocycles. The minimum Gasteiger partial charge on any atom is -0.383 e. The first-order chi connectivity index (χ1) is 10.1. The fourth-order valence-electron chi connectivity index (χ4n) is 2.67. The minimum atomic E-state index is 0. The maximum Gasteiger partial charge on any atom is 0.144 e. The summed E-state index contributed by atoms with van der Waals surface area (Å²) in [6.07, 6.45) is 1.86. The number of halogens is 1. The van der Waals surface area contributed by atoms with E-state index in [0.29, 0.717) is 24.6 Å². The number of hydrazone groups is 1. The summed E-state index contributed by atoms with van der Waals surface area (Å²) >= 11 is 0. The highest BCUT2D eigenvalue weighted by molar-refractivity contribution is 6.08. The lowest BCUT2D eigenvalue weighted by molar-refractivity contribution is 0.199. The lowest BCUT2D eigenvalue weighted by atomic mass is 9.98. The van der Waals surface area contributed by atoms with Gasteiger partial charge in [0.05, 0.1) is 24.6 Å². The summed E-state index contributed by atoms with van der Waals surface area (Å²) in [5.74, 6) is 0.367. The summed E-state index contributed by atoms with van der Waals surface area (Å²) in [4.78, 5) is 0. The molecule has 0 unspecified atom stereocenters. The second-order valence-electron chi connectivity index (χ2n) is 5.10. The molecule has 2 aliphatic heterocycles. The van der Waals surface area contributed by atoms with Crippen molar-refractivity contribution < 1.29 is 4.74 Å². The Morgan fingerprint density at radius 1 is 1.32 bits per heavy atom. The predicted molar refractivity (Wildman–Crippen MR) is 88.8 cm³/mol. The number of hydrogen-bond donors (Lipinski definition) is 1. The van der Waals surface area contributed by atoms with Gasteiger partial charge in [0, 0.05) is 5.57 Å². The lowest BCUT2D eigenvalue weighted by Crippen LogP contribution is -2.35. The molecule has 2 N–H and O–H groups in total. The number of nitriles is 1. The fourth-order valence-corrected chi connectivity index (χ4v) is 2.67. The van der Waals surface area contributed by atoms with Crippen LogP contribution in [0.5, 0.6) is 0 Å². The van der Waals surface area contributed by atoms with E-state index in [1.165, 1.54) is 0 Å². The number of benzene rings is 1. The molecule has 0 saturated heterocycles. The van der Waals surface area contributed by atoms with Crippen molar-refractivity contribution in [3.05, 3.63) is 52.4 Å². The fraction of sp³-hybridized carbons (Fsp3) is 0.250. The van der Waals surface area contributed by atoms with Gasteiger partial charge in [-0.05, 0) is 31.1 Å². The monoisotopic (exact) mass is 316 g/mol. The van der Waals surface area contributed by atoms with Crippen molar-refractivity contribution in [2.45, 2.75) is 13.8 Å². The van der Waals surface area contributed by atoms with Crippen LogP contribution in [0.15, 0.2) is 46.3 Å². The Balaban J connectivity index is 0.00000176. The van der Waals surface area contributed by atoms with E-state index in [1.54, 1.807) is 5.01 Å². The maximum absolute atomic E-state index is 9.45. The van der Waals surface area contributed by atoms with Crippen LogP contribution in [0.2, 0.25) is 0 Å². The summed E-state index contributed by atoms with van der Waals surface area (Å²) < 4.78 is 5.41. The topological polar surface area (TPSA) is 74.6 Å². The van der Waals surface area contributed by atoms with Crippen LogP contribution in [0.3, 0.4) is 0 Å². The number of aryl methyl sites for hydroxylation is 2. The molecule has 2 heterocycles. The molecular weight excluding hydrogens is 300 g/mol. The molecule has 3 rings (SSSR count). The van der Waals surface area contributed by atoms with Crippen molar-refractivity contribution in [3.63, 3.8) is 0 Å². The Hall–Kier alpha value is -2.29.